The second kappa shape index (κ2) is 5.44. The first-order valence-electron chi connectivity index (χ1n) is 7.38. The highest BCUT2D eigenvalue weighted by atomic mass is 16.4. The molecule has 1 heterocycles. The molecule has 3 rings (SSSR count). The molecular weight excluding hydrogens is 284 g/mol. The lowest BCUT2D eigenvalue weighted by Crippen LogP contribution is -2.42. The number of aryl methyl sites for hydroxylation is 1. The summed E-state index contributed by atoms with van der Waals surface area (Å²) < 4.78 is 0. The zero-order valence-corrected chi connectivity index (χ0v) is 12.3. The summed E-state index contributed by atoms with van der Waals surface area (Å²) >= 11 is 0. The van der Waals surface area contributed by atoms with Crippen LogP contribution in [0.1, 0.15) is 18.4 Å². The third-order valence-electron chi connectivity index (χ3n) is 4.31. The Hall–Kier alpha value is -2.37. The van der Waals surface area contributed by atoms with Gasteiger partial charge in [-0.25, -0.2) is 0 Å². The van der Waals surface area contributed by atoms with Crippen LogP contribution in [-0.4, -0.2) is 35.5 Å². The third-order valence-corrected chi connectivity index (χ3v) is 4.31. The fourth-order valence-corrected chi connectivity index (χ4v) is 2.83. The van der Waals surface area contributed by atoms with Gasteiger partial charge in [0.05, 0.1) is 11.8 Å². The number of nitrogens with one attached hydrogen (secondary N) is 1. The topological polar surface area (TPSA) is 86.7 Å². The number of carbonyl (C=O) groups is 3. The average Bonchev–Trinajstić information content (AvgIpc) is 3.22. The van der Waals surface area contributed by atoms with Gasteiger partial charge in [-0.3, -0.25) is 14.4 Å². The van der Waals surface area contributed by atoms with Gasteiger partial charge in [-0.2, -0.15) is 0 Å². The summed E-state index contributed by atoms with van der Waals surface area (Å²) in [6, 6.07) is 7.10. The van der Waals surface area contributed by atoms with Gasteiger partial charge in [0.2, 0.25) is 11.8 Å². The Morgan fingerprint density at radius 2 is 1.91 bits per heavy atom. The van der Waals surface area contributed by atoms with Crippen LogP contribution in [0.3, 0.4) is 0 Å². The Labute approximate surface area is 128 Å². The molecule has 6 heteroatoms. The summed E-state index contributed by atoms with van der Waals surface area (Å²) in [7, 11) is 0. The van der Waals surface area contributed by atoms with Crippen LogP contribution in [0.5, 0.6) is 0 Å². The van der Waals surface area contributed by atoms with Crippen molar-refractivity contribution in [2.75, 3.05) is 11.4 Å². The zero-order chi connectivity index (χ0) is 15.9. The second-order valence-electron chi connectivity index (χ2n) is 5.96. The molecule has 1 aliphatic carbocycles. The molecule has 2 N–H and O–H groups in total. The monoisotopic (exact) mass is 302 g/mol. The Kier molecular flexibility index (Phi) is 3.60. The lowest BCUT2D eigenvalue weighted by molar-refractivity contribution is -0.140. The van der Waals surface area contributed by atoms with Gasteiger partial charge >= 0.3 is 5.97 Å². The summed E-state index contributed by atoms with van der Waals surface area (Å²) in [5.41, 5.74) is 1.94. The Morgan fingerprint density at radius 1 is 1.23 bits per heavy atom. The molecule has 0 spiro atoms. The molecule has 2 amide bonds. The molecule has 1 aromatic rings. The smallest absolute Gasteiger partial charge is 0.307 e. The highest BCUT2D eigenvalue weighted by Gasteiger charge is 2.49. The van der Waals surface area contributed by atoms with E-state index in [0.29, 0.717) is 19.4 Å². The third kappa shape index (κ3) is 2.68. The number of hydrogen-bond acceptors (Lipinski definition) is 3. The van der Waals surface area contributed by atoms with E-state index in [0.717, 1.165) is 11.3 Å². The summed E-state index contributed by atoms with van der Waals surface area (Å²) in [6.45, 7) is 2.53. The van der Waals surface area contributed by atoms with Crippen LogP contribution < -0.4 is 10.2 Å². The van der Waals surface area contributed by atoms with E-state index in [4.69, 9.17) is 5.11 Å². The van der Waals surface area contributed by atoms with Crippen LogP contribution in [0.2, 0.25) is 0 Å². The molecule has 22 heavy (non-hydrogen) atoms. The molecule has 2 aliphatic rings. The van der Waals surface area contributed by atoms with Crippen molar-refractivity contribution in [3.8, 4) is 0 Å². The number of nitrogens with zero attached hydrogens (tertiary/aromatic N) is 1. The number of anilines is 1. The van der Waals surface area contributed by atoms with Crippen LogP contribution in [0.25, 0.3) is 0 Å². The lowest BCUT2D eigenvalue weighted by atomic mass is 10.2. The van der Waals surface area contributed by atoms with Gasteiger partial charge in [-0.15, -0.1) is 0 Å². The summed E-state index contributed by atoms with van der Waals surface area (Å²) in [5.74, 6) is -2.48. The minimum absolute atomic E-state index is 0.135. The van der Waals surface area contributed by atoms with E-state index >= 15 is 0 Å². The molecule has 0 bridgehead atoms. The highest BCUT2D eigenvalue weighted by molar-refractivity contribution is 6.02. The van der Waals surface area contributed by atoms with Gasteiger partial charge in [0.15, 0.2) is 0 Å². The number of carbonyl (C=O) groups excluding carboxylic acids is 2. The minimum atomic E-state index is -0.945. The number of rotatable bonds is 4. The maximum absolute atomic E-state index is 12.4. The van der Waals surface area contributed by atoms with E-state index in [1.807, 2.05) is 31.2 Å². The van der Waals surface area contributed by atoms with Crippen molar-refractivity contribution in [3.05, 3.63) is 29.8 Å². The molecule has 1 saturated heterocycles. The molecule has 2 fully saturated rings. The number of aliphatic carboxylic acids is 1. The molecule has 1 aliphatic heterocycles. The van der Waals surface area contributed by atoms with E-state index in [1.165, 1.54) is 0 Å². The molecule has 1 aromatic carbocycles. The molecular formula is C16H18N2O4. The van der Waals surface area contributed by atoms with Crippen LogP contribution in [-0.2, 0) is 14.4 Å². The molecule has 0 aromatic heterocycles. The first-order chi connectivity index (χ1) is 10.5. The van der Waals surface area contributed by atoms with Crippen LogP contribution >= 0.6 is 0 Å². The zero-order valence-electron chi connectivity index (χ0n) is 12.3. The second-order valence-corrected chi connectivity index (χ2v) is 5.96. The number of benzene rings is 1. The molecule has 0 radical (unpaired) electrons. The summed E-state index contributed by atoms with van der Waals surface area (Å²) in [4.78, 5) is 36.8. The maximum atomic E-state index is 12.4. The van der Waals surface area contributed by atoms with Gasteiger partial charge in [-0.1, -0.05) is 17.7 Å². The van der Waals surface area contributed by atoms with Crippen molar-refractivity contribution in [2.24, 2.45) is 11.8 Å². The predicted octanol–water partition coefficient (Wildman–Crippen LogP) is 0.937. The number of carboxylic acids is 1. The van der Waals surface area contributed by atoms with Gasteiger partial charge in [0, 0.05) is 12.2 Å². The van der Waals surface area contributed by atoms with Crippen LogP contribution in [0.15, 0.2) is 24.3 Å². The quantitative estimate of drug-likeness (QED) is 0.866. The number of hydrogen-bond donors (Lipinski definition) is 2. The van der Waals surface area contributed by atoms with E-state index in [1.54, 1.807) is 4.90 Å². The standard InChI is InChI=1S/C16H18N2O4/c1-9-2-4-10(5-3-9)18-7-6-13(15(18)20)17-14(19)11-8-12(11)16(21)22/h2-5,11-13H,6-8H2,1H3,(H,17,19)(H,21,22). The largest absolute Gasteiger partial charge is 0.481 e. The van der Waals surface area contributed by atoms with Crippen molar-refractivity contribution in [1.82, 2.24) is 5.32 Å². The van der Waals surface area contributed by atoms with Gasteiger partial charge < -0.3 is 15.3 Å². The fraction of sp³-hybridized carbons (Fsp3) is 0.438. The van der Waals surface area contributed by atoms with Crippen molar-refractivity contribution in [1.29, 1.82) is 0 Å². The van der Waals surface area contributed by atoms with Crippen LogP contribution in [0.4, 0.5) is 5.69 Å². The Balaban J connectivity index is 1.61. The van der Waals surface area contributed by atoms with E-state index in [2.05, 4.69) is 5.32 Å². The Bertz CT molecular complexity index is 626. The normalized spacial score (nSPS) is 26.9. The van der Waals surface area contributed by atoms with Crippen molar-refractivity contribution < 1.29 is 19.5 Å². The molecule has 3 atom stereocenters. The van der Waals surface area contributed by atoms with Gasteiger partial charge in [0.1, 0.15) is 6.04 Å². The number of amides is 2. The predicted molar refractivity (Wildman–Crippen MR) is 79.3 cm³/mol. The van der Waals surface area contributed by atoms with Crippen molar-refractivity contribution >= 4 is 23.5 Å². The van der Waals surface area contributed by atoms with Crippen molar-refractivity contribution in [2.45, 2.75) is 25.8 Å². The average molecular weight is 302 g/mol. The molecule has 1 saturated carbocycles. The fourth-order valence-electron chi connectivity index (χ4n) is 2.83. The highest BCUT2D eigenvalue weighted by Crippen LogP contribution is 2.39. The van der Waals surface area contributed by atoms with Crippen LogP contribution in [0, 0.1) is 18.8 Å². The summed E-state index contributed by atoms with van der Waals surface area (Å²) in [5, 5.41) is 11.5. The molecule has 3 unspecified atom stereocenters. The van der Waals surface area contributed by atoms with Crippen molar-refractivity contribution in [3.63, 3.8) is 0 Å². The van der Waals surface area contributed by atoms with E-state index in [9.17, 15) is 14.4 Å². The van der Waals surface area contributed by atoms with E-state index in [-0.39, 0.29) is 11.8 Å². The Morgan fingerprint density at radius 3 is 2.50 bits per heavy atom. The minimum Gasteiger partial charge on any atom is -0.481 e. The molecule has 116 valence electrons. The van der Waals surface area contributed by atoms with E-state index < -0.39 is 23.8 Å². The summed E-state index contributed by atoms with van der Waals surface area (Å²) in [6.07, 6.45) is 0.909. The molecule has 6 nitrogen and oxygen atoms in total. The first-order valence-corrected chi connectivity index (χ1v) is 7.38. The van der Waals surface area contributed by atoms with Gasteiger partial charge in [0.25, 0.3) is 0 Å². The lowest BCUT2D eigenvalue weighted by Gasteiger charge is -2.17. The SMILES string of the molecule is Cc1ccc(N2CCC(NC(=O)C3CC3C(=O)O)C2=O)cc1. The maximum Gasteiger partial charge on any atom is 0.307 e. The first kappa shape index (κ1) is 14.6. The number of carboxylic acid groups (broad SMARTS) is 1. The van der Waals surface area contributed by atoms with Gasteiger partial charge in [-0.05, 0) is 31.9 Å².